The molecule has 1 amide bonds. The summed E-state index contributed by atoms with van der Waals surface area (Å²) in [5.41, 5.74) is 3.61. The molecule has 2 atom stereocenters. The Morgan fingerprint density at radius 3 is 2.48 bits per heavy atom. The van der Waals surface area contributed by atoms with Gasteiger partial charge in [-0.05, 0) is 56.7 Å². The number of anilines is 1. The standard InChI is InChI=1S/C26H36N4O/c1-17(2)24(31)29-22-11-7-6-10-21(22)26(14-8-5-9-15-26)30-25(29)27-23(28-30)20-13-12-18(3)19(4)16-20/h12-13,16-17,21-22H,5-11,14-15H2,1-4H3/t21-,22+/m1/s1. The maximum atomic E-state index is 13.5. The van der Waals surface area contributed by atoms with Crippen molar-refractivity contribution in [1.29, 1.82) is 0 Å². The van der Waals surface area contributed by atoms with Crippen LogP contribution in [0.15, 0.2) is 18.2 Å². The Hall–Kier alpha value is -2.17. The Kier molecular flexibility index (Phi) is 5.18. The van der Waals surface area contributed by atoms with Gasteiger partial charge in [0.1, 0.15) is 0 Å². The monoisotopic (exact) mass is 420 g/mol. The van der Waals surface area contributed by atoms with Gasteiger partial charge in [-0.2, -0.15) is 4.98 Å². The summed E-state index contributed by atoms with van der Waals surface area (Å²) in [7, 11) is 0. The molecule has 0 N–H and O–H groups in total. The van der Waals surface area contributed by atoms with Crippen molar-refractivity contribution < 1.29 is 4.79 Å². The summed E-state index contributed by atoms with van der Waals surface area (Å²) in [5, 5.41) is 5.16. The third-order valence-electron chi connectivity index (χ3n) is 8.19. The van der Waals surface area contributed by atoms with E-state index in [-0.39, 0.29) is 23.4 Å². The molecule has 2 fully saturated rings. The lowest BCUT2D eigenvalue weighted by Gasteiger charge is -2.55. The van der Waals surface area contributed by atoms with Crippen LogP contribution in [0.3, 0.4) is 0 Å². The number of amides is 1. The number of hydrogen-bond acceptors (Lipinski definition) is 3. The average molecular weight is 421 g/mol. The highest BCUT2D eigenvalue weighted by atomic mass is 16.2. The summed E-state index contributed by atoms with van der Waals surface area (Å²) >= 11 is 0. The van der Waals surface area contributed by atoms with E-state index in [1.807, 2.05) is 13.8 Å². The fraction of sp³-hybridized carbons (Fsp3) is 0.654. The lowest BCUT2D eigenvalue weighted by molar-refractivity contribution is -0.123. The van der Waals surface area contributed by atoms with E-state index in [4.69, 9.17) is 10.1 Å². The molecule has 2 saturated carbocycles. The Bertz CT molecular complexity index is 985. The molecule has 0 unspecified atom stereocenters. The molecule has 1 spiro atoms. The topological polar surface area (TPSA) is 51.0 Å². The molecule has 2 aromatic rings. The highest BCUT2D eigenvalue weighted by Crippen LogP contribution is 2.53. The fourth-order valence-corrected chi connectivity index (χ4v) is 6.40. The summed E-state index contributed by atoms with van der Waals surface area (Å²) in [6.45, 7) is 8.29. The number of aryl methyl sites for hydroxylation is 2. The lowest BCUT2D eigenvalue weighted by Crippen LogP contribution is -2.62. The molecule has 5 rings (SSSR count). The van der Waals surface area contributed by atoms with Crippen LogP contribution in [0.5, 0.6) is 0 Å². The van der Waals surface area contributed by atoms with E-state index in [0.29, 0.717) is 5.92 Å². The molecule has 0 bridgehead atoms. The van der Waals surface area contributed by atoms with E-state index in [9.17, 15) is 4.79 Å². The molecule has 1 aromatic carbocycles. The molecule has 31 heavy (non-hydrogen) atoms. The van der Waals surface area contributed by atoms with Crippen LogP contribution in [0.1, 0.15) is 82.8 Å². The Labute approximate surface area is 186 Å². The second-order valence-corrected chi connectivity index (χ2v) is 10.4. The van der Waals surface area contributed by atoms with Gasteiger partial charge in [0, 0.05) is 23.4 Å². The zero-order valence-corrected chi connectivity index (χ0v) is 19.5. The summed E-state index contributed by atoms with van der Waals surface area (Å²) in [6.07, 6.45) is 10.9. The van der Waals surface area contributed by atoms with Gasteiger partial charge >= 0.3 is 0 Å². The molecule has 5 nitrogen and oxygen atoms in total. The maximum Gasteiger partial charge on any atom is 0.232 e. The van der Waals surface area contributed by atoms with Crippen molar-refractivity contribution >= 4 is 11.9 Å². The van der Waals surface area contributed by atoms with E-state index >= 15 is 0 Å². The molecule has 2 aliphatic carbocycles. The van der Waals surface area contributed by atoms with Gasteiger partial charge in [0.2, 0.25) is 11.9 Å². The lowest BCUT2D eigenvalue weighted by atomic mass is 9.64. The van der Waals surface area contributed by atoms with Crippen molar-refractivity contribution in [3.63, 3.8) is 0 Å². The van der Waals surface area contributed by atoms with Crippen LogP contribution in [-0.4, -0.2) is 26.7 Å². The third kappa shape index (κ3) is 3.23. The number of nitrogens with zero attached hydrogens (tertiary/aromatic N) is 4. The number of hydrogen-bond donors (Lipinski definition) is 0. The number of rotatable bonds is 2. The fourth-order valence-electron chi connectivity index (χ4n) is 6.40. The number of carbonyl (C=O) groups is 1. The van der Waals surface area contributed by atoms with Crippen molar-refractivity contribution in [2.45, 2.75) is 97.1 Å². The summed E-state index contributed by atoms with van der Waals surface area (Å²) in [4.78, 5) is 20.6. The molecule has 1 aromatic heterocycles. The van der Waals surface area contributed by atoms with Crippen molar-refractivity contribution in [2.75, 3.05) is 4.90 Å². The maximum absolute atomic E-state index is 13.5. The number of fused-ring (bicyclic) bond motifs is 4. The first-order valence-electron chi connectivity index (χ1n) is 12.3. The van der Waals surface area contributed by atoms with Gasteiger partial charge in [-0.25, -0.2) is 4.68 Å². The highest BCUT2D eigenvalue weighted by Gasteiger charge is 2.55. The predicted molar refractivity (Wildman–Crippen MR) is 124 cm³/mol. The Balaban J connectivity index is 1.70. The minimum absolute atomic E-state index is 0.0252. The van der Waals surface area contributed by atoms with Crippen molar-refractivity contribution in [1.82, 2.24) is 14.8 Å². The van der Waals surface area contributed by atoms with Crippen LogP contribution < -0.4 is 4.90 Å². The second kappa shape index (κ2) is 7.75. The van der Waals surface area contributed by atoms with Crippen LogP contribution in [0, 0.1) is 25.7 Å². The molecule has 166 valence electrons. The Morgan fingerprint density at radius 1 is 1.03 bits per heavy atom. The third-order valence-corrected chi connectivity index (χ3v) is 8.19. The van der Waals surface area contributed by atoms with Gasteiger partial charge in [0.05, 0.1) is 5.54 Å². The van der Waals surface area contributed by atoms with Gasteiger partial charge in [0.15, 0.2) is 5.82 Å². The molecular formula is C26H36N4O. The summed E-state index contributed by atoms with van der Waals surface area (Å²) in [6, 6.07) is 6.73. The molecule has 0 radical (unpaired) electrons. The zero-order chi connectivity index (χ0) is 21.8. The largest absolute Gasteiger partial charge is 0.277 e. The quantitative estimate of drug-likeness (QED) is 0.618. The second-order valence-electron chi connectivity index (χ2n) is 10.4. The summed E-state index contributed by atoms with van der Waals surface area (Å²) < 4.78 is 2.23. The minimum atomic E-state index is -0.0433. The molecular weight excluding hydrogens is 384 g/mol. The van der Waals surface area contributed by atoms with Crippen LogP contribution in [-0.2, 0) is 10.3 Å². The van der Waals surface area contributed by atoms with Crippen LogP contribution >= 0.6 is 0 Å². The first-order chi connectivity index (χ1) is 14.9. The first kappa shape index (κ1) is 20.7. The molecule has 3 aliphatic rings. The number of benzene rings is 1. The van der Waals surface area contributed by atoms with Gasteiger partial charge in [-0.15, -0.1) is 5.10 Å². The zero-order valence-electron chi connectivity index (χ0n) is 19.5. The van der Waals surface area contributed by atoms with Crippen LogP contribution in [0.2, 0.25) is 0 Å². The molecule has 0 saturated heterocycles. The molecule has 1 aliphatic heterocycles. The van der Waals surface area contributed by atoms with E-state index < -0.39 is 0 Å². The Morgan fingerprint density at radius 2 is 1.77 bits per heavy atom. The number of aromatic nitrogens is 3. The van der Waals surface area contributed by atoms with Crippen molar-refractivity contribution in [3.05, 3.63) is 29.3 Å². The minimum Gasteiger partial charge on any atom is -0.277 e. The van der Waals surface area contributed by atoms with Crippen LogP contribution in [0.4, 0.5) is 5.95 Å². The summed E-state index contributed by atoms with van der Waals surface area (Å²) in [5.74, 6) is 2.22. The average Bonchev–Trinajstić information content (AvgIpc) is 3.22. The first-order valence-corrected chi connectivity index (χ1v) is 12.3. The van der Waals surface area contributed by atoms with E-state index in [2.05, 4.69) is 41.6 Å². The highest BCUT2D eigenvalue weighted by molar-refractivity contribution is 5.94. The normalized spacial score (nSPS) is 24.9. The van der Waals surface area contributed by atoms with Crippen molar-refractivity contribution in [3.8, 4) is 11.4 Å². The van der Waals surface area contributed by atoms with Gasteiger partial charge in [-0.1, -0.05) is 58.1 Å². The number of carbonyl (C=O) groups excluding carboxylic acids is 1. The van der Waals surface area contributed by atoms with E-state index in [1.54, 1.807) is 0 Å². The SMILES string of the molecule is Cc1ccc(-c2nc3n(n2)C2(CCCCC2)[C@@H]2CCCC[C@@H]2N3C(=O)C(C)C)cc1C. The van der Waals surface area contributed by atoms with Gasteiger partial charge < -0.3 is 0 Å². The smallest absolute Gasteiger partial charge is 0.232 e. The molecule has 2 heterocycles. The predicted octanol–water partition coefficient (Wildman–Crippen LogP) is 5.78. The van der Waals surface area contributed by atoms with E-state index in [0.717, 1.165) is 23.8 Å². The van der Waals surface area contributed by atoms with Gasteiger partial charge in [0.25, 0.3) is 0 Å². The van der Waals surface area contributed by atoms with Crippen LogP contribution in [0.25, 0.3) is 11.4 Å². The molecule has 5 heteroatoms. The van der Waals surface area contributed by atoms with E-state index in [1.165, 1.54) is 62.5 Å². The van der Waals surface area contributed by atoms with Crippen molar-refractivity contribution in [2.24, 2.45) is 11.8 Å². The van der Waals surface area contributed by atoms with Gasteiger partial charge in [-0.3, -0.25) is 9.69 Å².